The molecule has 1 atom stereocenters. The summed E-state index contributed by atoms with van der Waals surface area (Å²) in [5, 5.41) is 10.3. The molecule has 0 aliphatic carbocycles. The first-order valence-corrected chi connectivity index (χ1v) is 10.0. The summed E-state index contributed by atoms with van der Waals surface area (Å²) in [6.45, 7) is 6.09. The fraction of sp³-hybridized carbons (Fsp3) is 0.300. The number of hydrogen-bond donors (Lipinski definition) is 0. The third kappa shape index (κ3) is 5.02. The van der Waals surface area contributed by atoms with Gasteiger partial charge in [-0.2, -0.15) is 0 Å². The van der Waals surface area contributed by atoms with Gasteiger partial charge >= 0.3 is 0 Å². The van der Waals surface area contributed by atoms with Crippen LogP contribution in [0, 0.1) is 5.82 Å². The minimum Gasteiger partial charge on any atom is -0.483 e. The molecule has 0 bridgehead atoms. The molecule has 0 spiro atoms. The maximum atomic E-state index is 13.1. The van der Waals surface area contributed by atoms with E-state index in [0.717, 1.165) is 21.8 Å². The van der Waals surface area contributed by atoms with Crippen LogP contribution in [0.2, 0.25) is 5.02 Å². The molecule has 4 nitrogen and oxygen atoms in total. The van der Waals surface area contributed by atoms with Crippen LogP contribution in [0.4, 0.5) is 4.39 Å². The average Bonchev–Trinajstić information content (AvgIpc) is 3.07. The lowest BCUT2D eigenvalue weighted by Gasteiger charge is -2.19. The minimum absolute atomic E-state index is 0.182. The monoisotopic (exact) mass is 405 g/mol. The summed E-state index contributed by atoms with van der Waals surface area (Å²) < 4.78 is 21.1. The van der Waals surface area contributed by atoms with E-state index in [1.807, 2.05) is 31.2 Å². The maximum absolute atomic E-state index is 13.1. The smallest absolute Gasteiger partial charge is 0.191 e. The predicted octanol–water partition coefficient (Wildman–Crippen LogP) is 6.08. The Morgan fingerprint density at radius 2 is 1.70 bits per heavy atom. The Balaban J connectivity index is 1.75. The van der Waals surface area contributed by atoms with E-state index in [4.69, 9.17) is 16.3 Å². The molecule has 7 heteroatoms. The van der Waals surface area contributed by atoms with Gasteiger partial charge in [-0.05, 0) is 62.7 Å². The van der Waals surface area contributed by atoms with Gasteiger partial charge in [-0.25, -0.2) is 4.39 Å². The van der Waals surface area contributed by atoms with Crippen LogP contribution >= 0.6 is 23.4 Å². The predicted molar refractivity (Wildman–Crippen MR) is 107 cm³/mol. The Bertz CT molecular complexity index is 881. The standard InChI is InChI=1S/C20H21ClFN3OS/c1-13(2)25-19(14(3)26-18-10-8-17(22)9-11-18)23-24-20(25)27-12-15-4-6-16(21)7-5-15/h4-11,13-14H,12H2,1-3H3. The third-order valence-electron chi connectivity index (χ3n) is 3.98. The zero-order valence-corrected chi connectivity index (χ0v) is 17.0. The highest BCUT2D eigenvalue weighted by atomic mass is 35.5. The fourth-order valence-electron chi connectivity index (χ4n) is 2.65. The second-order valence-corrected chi connectivity index (χ2v) is 7.81. The average molecular weight is 406 g/mol. The molecule has 3 rings (SSSR count). The number of benzene rings is 2. The molecule has 1 heterocycles. The van der Waals surface area contributed by atoms with Crippen molar-refractivity contribution in [2.75, 3.05) is 0 Å². The van der Waals surface area contributed by atoms with Crippen molar-refractivity contribution in [3.8, 4) is 5.75 Å². The zero-order valence-electron chi connectivity index (χ0n) is 15.4. The molecule has 142 valence electrons. The van der Waals surface area contributed by atoms with Crippen LogP contribution in [0.5, 0.6) is 5.75 Å². The maximum Gasteiger partial charge on any atom is 0.191 e. The van der Waals surface area contributed by atoms with Crippen LogP contribution in [-0.4, -0.2) is 14.8 Å². The molecular formula is C20H21ClFN3OS. The van der Waals surface area contributed by atoms with E-state index in [1.165, 1.54) is 17.7 Å². The van der Waals surface area contributed by atoms with Gasteiger partial charge in [0.15, 0.2) is 17.1 Å². The molecule has 0 radical (unpaired) electrons. The van der Waals surface area contributed by atoms with Crippen molar-refractivity contribution in [1.82, 2.24) is 14.8 Å². The number of hydrogen-bond acceptors (Lipinski definition) is 4. The number of aromatic nitrogens is 3. The van der Waals surface area contributed by atoms with Crippen LogP contribution < -0.4 is 4.74 Å². The van der Waals surface area contributed by atoms with Gasteiger partial charge in [0, 0.05) is 16.8 Å². The van der Waals surface area contributed by atoms with Gasteiger partial charge in [0.25, 0.3) is 0 Å². The Morgan fingerprint density at radius 3 is 2.33 bits per heavy atom. The van der Waals surface area contributed by atoms with Gasteiger partial charge in [-0.3, -0.25) is 0 Å². The van der Waals surface area contributed by atoms with Crippen molar-refractivity contribution < 1.29 is 9.13 Å². The molecule has 2 aromatic carbocycles. The normalized spacial score (nSPS) is 12.4. The summed E-state index contributed by atoms with van der Waals surface area (Å²) in [6, 6.07) is 13.9. The Kier molecular flexibility index (Phi) is 6.39. The first-order valence-electron chi connectivity index (χ1n) is 8.68. The summed E-state index contributed by atoms with van der Waals surface area (Å²) in [5.41, 5.74) is 1.17. The van der Waals surface area contributed by atoms with Gasteiger partial charge < -0.3 is 9.30 Å². The number of thioether (sulfide) groups is 1. The van der Waals surface area contributed by atoms with Crippen molar-refractivity contribution in [1.29, 1.82) is 0 Å². The van der Waals surface area contributed by atoms with Crippen LogP contribution in [0.25, 0.3) is 0 Å². The van der Waals surface area contributed by atoms with Crippen LogP contribution in [0.15, 0.2) is 53.7 Å². The first-order chi connectivity index (χ1) is 12.9. The molecule has 27 heavy (non-hydrogen) atoms. The lowest BCUT2D eigenvalue weighted by molar-refractivity contribution is 0.207. The van der Waals surface area contributed by atoms with Gasteiger partial charge in [-0.15, -0.1) is 10.2 Å². The largest absolute Gasteiger partial charge is 0.483 e. The molecule has 0 saturated heterocycles. The highest BCUT2D eigenvalue weighted by Gasteiger charge is 2.21. The molecule has 1 aromatic heterocycles. The molecule has 1 unspecified atom stereocenters. The summed E-state index contributed by atoms with van der Waals surface area (Å²) in [6.07, 6.45) is -0.310. The Labute approximate surface area is 167 Å². The SMILES string of the molecule is CC(Oc1ccc(F)cc1)c1nnc(SCc2ccc(Cl)cc2)n1C(C)C. The molecular weight excluding hydrogens is 385 g/mol. The molecule has 0 fully saturated rings. The van der Waals surface area contributed by atoms with Gasteiger partial charge in [0.2, 0.25) is 0 Å². The first kappa shape index (κ1) is 19.7. The number of halogens is 2. The summed E-state index contributed by atoms with van der Waals surface area (Å²) >= 11 is 7.56. The molecule has 0 aliphatic heterocycles. The second kappa shape index (κ2) is 8.76. The Hall–Kier alpha value is -2.05. The molecule has 0 amide bonds. The molecule has 0 aliphatic rings. The van der Waals surface area contributed by atoms with E-state index >= 15 is 0 Å². The van der Waals surface area contributed by atoms with E-state index < -0.39 is 0 Å². The quantitative estimate of drug-likeness (QED) is 0.446. The van der Waals surface area contributed by atoms with Crippen molar-refractivity contribution in [2.45, 2.75) is 43.8 Å². The topological polar surface area (TPSA) is 39.9 Å². The van der Waals surface area contributed by atoms with E-state index in [-0.39, 0.29) is 18.0 Å². The van der Waals surface area contributed by atoms with E-state index in [2.05, 4.69) is 28.6 Å². The van der Waals surface area contributed by atoms with Gasteiger partial charge in [-0.1, -0.05) is 35.5 Å². The lowest BCUT2D eigenvalue weighted by atomic mass is 10.2. The van der Waals surface area contributed by atoms with Gasteiger partial charge in [0.1, 0.15) is 11.6 Å². The van der Waals surface area contributed by atoms with E-state index in [9.17, 15) is 4.39 Å². The van der Waals surface area contributed by atoms with Crippen molar-refractivity contribution in [2.24, 2.45) is 0 Å². The lowest BCUT2D eigenvalue weighted by Crippen LogP contribution is -2.14. The van der Waals surface area contributed by atoms with E-state index in [1.54, 1.807) is 23.9 Å². The molecule has 3 aromatic rings. The summed E-state index contributed by atoms with van der Waals surface area (Å²) in [7, 11) is 0. The van der Waals surface area contributed by atoms with Crippen molar-refractivity contribution in [3.63, 3.8) is 0 Å². The zero-order chi connectivity index (χ0) is 19.4. The van der Waals surface area contributed by atoms with Crippen molar-refractivity contribution in [3.05, 3.63) is 70.8 Å². The molecule has 0 saturated carbocycles. The molecule has 0 N–H and O–H groups in total. The van der Waals surface area contributed by atoms with E-state index in [0.29, 0.717) is 5.75 Å². The number of rotatable bonds is 7. The van der Waals surface area contributed by atoms with Crippen molar-refractivity contribution >= 4 is 23.4 Å². The van der Waals surface area contributed by atoms with Gasteiger partial charge in [0.05, 0.1) is 0 Å². The summed E-state index contributed by atoms with van der Waals surface area (Å²) in [5.74, 6) is 1.82. The fourth-order valence-corrected chi connectivity index (χ4v) is 3.80. The van der Waals surface area contributed by atoms with Crippen LogP contribution in [0.1, 0.15) is 44.3 Å². The van der Waals surface area contributed by atoms with Crippen LogP contribution in [0.3, 0.4) is 0 Å². The highest BCUT2D eigenvalue weighted by Crippen LogP contribution is 2.29. The third-order valence-corrected chi connectivity index (χ3v) is 5.24. The second-order valence-electron chi connectivity index (χ2n) is 6.43. The number of ether oxygens (including phenoxy) is 1. The minimum atomic E-state index is -0.310. The number of nitrogens with zero attached hydrogens (tertiary/aromatic N) is 3. The highest BCUT2D eigenvalue weighted by molar-refractivity contribution is 7.98. The Morgan fingerprint density at radius 1 is 1.04 bits per heavy atom. The van der Waals surface area contributed by atoms with Crippen LogP contribution in [-0.2, 0) is 5.75 Å². The summed E-state index contributed by atoms with van der Waals surface area (Å²) in [4.78, 5) is 0.